The molecule has 2 rings (SSSR count). The molecule has 1 N–H and O–H groups in total. The first-order chi connectivity index (χ1) is 10.0. The summed E-state index contributed by atoms with van der Waals surface area (Å²) in [4.78, 5) is 26.1. The van der Waals surface area contributed by atoms with E-state index in [1.807, 2.05) is 39.0 Å². The van der Waals surface area contributed by atoms with Gasteiger partial charge in [0.25, 0.3) is 0 Å². The van der Waals surface area contributed by atoms with Gasteiger partial charge in [-0.2, -0.15) is 0 Å². The van der Waals surface area contributed by atoms with E-state index >= 15 is 0 Å². The highest BCUT2D eigenvalue weighted by atomic mass is 16.2. The number of carbonyl (C=O) groups is 2. The van der Waals surface area contributed by atoms with Crippen molar-refractivity contribution in [1.29, 1.82) is 0 Å². The molecule has 1 aromatic rings. The van der Waals surface area contributed by atoms with Gasteiger partial charge in [0, 0.05) is 18.8 Å². The molecule has 0 aliphatic heterocycles. The summed E-state index contributed by atoms with van der Waals surface area (Å²) >= 11 is 0. The number of rotatable bonds is 5. The first kappa shape index (κ1) is 15.5. The summed E-state index contributed by atoms with van der Waals surface area (Å²) in [6.45, 7) is 7.39. The van der Waals surface area contributed by atoms with Crippen LogP contribution in [0.2, 0.25) is 0 Å². The third-order valence-corrected chi connectivity index (χ3v) is 3.92. The van der Waals surface area contributed by atoms with Crippen molar-refractivity contribution in [2.45, 2.75) is 40.0 Å². The molecule has 1 aliphatic rings. The van der Waals surface area contributed by atoms with E-state index in [4.69, 9.17) is 0 Å². The average Bonchev–Trinajstić information content (AvgIpc) is 3.25. The fraction of sp³-hybridized carbons (Fsp3) is 0.529. The first-order valence-electron chi connectivity index (χ1n) is 7.68. The molecule has 1 aliphatic carbocycles. The first-order valence-corrected chi connectivity index (χ1v) is 7.68. The summed E-state index contributed by atoms with van der Waals surface area (Å²) in [5.41, 5.74) is 2.95. The van der Waals surface area contributed by atoms with Crippen LogP contribution in [-0.2, 0) is 9.59 Å². The van der Waals surface area contributed by atoms with Crippen LogP contribution in [0.25, 0.3) is 0 Å². The maximum Gasteiger partial charge on any atom is 0.313 e. The molecule has 0 unspecified atom stereocenters. The minimum absolute atomic E-state index is 0.415. The highest BCUT2D eigenvalue weighted by Gasteiger charge is 2.29. The Morgan fingerprint density at radius 1 is 1.24 bits per heavy atom. The lowest BCUT2D eigenvalue weighted by atomic mass is 10.1. The molecule has 1 aromatic carbocycles. The Bertz CT molecular complexity index is 536. The highest BCUT2D eigenvalue weighted by molar-refractivity contribution is 6.39. The van der Waals surface area contributed by atoms with Crippen molar-refractivity contribution in [1.82, 2.24) is 4.90 Å². The third-order valence-electron chi connectivity index (χ3n) is 3.92. The van der Waals surface area contributed by atoms with Crippen LogP contribution in [0.15, 0.2) is 18.2 Å². The number of hydrogen-bond donors (Lipinski definition) is 1. The van der Waals surface area contributed by atoms with Crippen LogP contribution in [0.1, 0.15) is 37.3 Å². The Morgan fingerprint density at radius 3 is 2.52 bits per heavy atom. The Labute approximate surface area is 126 Å². The van der Waals surface area contributed by atoms with E-state index in [0.29, 0.717) is 24.7 Å². The van der Waals surface area contributed by atoms with E-state index < -0.39 is 11.8 Å². The van der Waals surface area contributed by atoms with Crippen LogP contribution in [0.3, 0.4) is 0 Å². The fourth-order valence-corrected chi connectivity index (χ4v) is 2.31. The molecule has 114 valence electrons. The van der Waals surface area contributed by atoms with Crippen LogP contribution >= 0.6 is 0 Å². The Hall–Kier alpha value is -1.84. The Morgan fingerprint density at radius 2 is 1.95 bits per heavy atom. The number of carbonyl (C=O) groups excluding carboxylic acids is 2. The van der Waals surface area contributed by atoms with Gasteiger partial charge in [-0.25, -0.2) is 0 Å². The van der Waals surface area contributed by atoms with Crippen molar-refractivity contribution in [3.8, 4) is 0 Å². The molecular weight excluding hydrogens is 264 g/mol. The number of benzene rings is 1. The number of aryl methyl sites for hydroxylation is 2. The van der Waals surface area contributed by atoms with Crippen LogP contribution in [0, 0.1) is 19.8 Å². The largest absolute Gasteiger partial charge is 0.334 e. The van der Waals surface area contributed by atoms with E-state index in [-0.39, 0.29) is 0 Å². The van der Waals surface area contributed by atoms with Gasteiger partial charge in [0.15, 0.2) is 0 Å². The second-order valence-electron chi connectivity index (χ2n) is 5.95. The van der Waals surface area contributed by atoms with Gasteiger partial charge in [0.2, 0.25) is 0 Å². The van der Waals surface area contributed by atoms with Crippen molar-refractivity contribution in [3.05, 3.63) is 29.3 Å². The summed E-state index contributed by atoms with van der Waals surface area (Å²) in [6.07, 6.45) is 3.22. The number of hydrogen-bond acceptors (Lipinski definition) is 2. The molecule has 0 aromatic heterocycles. The average molecular weight is 288 g/mol. The second-order valence-corrected chi connectivity index (χ2v) is 5.95. The monoisotopic (exact) mass is 288 g/mol. The number of anilines is 1. The predicted molar refractivity (Wildman–Crippen MR) is 84.1 cm³/mol. The van der Waals surface area contributed by atoms with E-state index in [0.717, 1.165) is 12.0 Å². The zero-order chi connectivity index (χ0) is 15.4. The predicted octanol–water partition coefficient (Wildman–Crippen LogP) is 2.89. The maximum atomic E-state index is 12.3. The van der Waals surface area contributed by atoms with Gasteiger partial charge in [-0.05, 0) is 62.3 Å². The number of nitrogens with one attached hydrogen (secondary N) is 1. The molecule has 21 heavy (non-hydrogen) atoms. The summed E-state index contributed by atoms with van der Waals surface area (Å²) in [7, 11) is 0. The lowest BCUT2D eigenvalue weighted by Crippen LogP contribution is -2.41. The van der Waals surface area contributed by atoms with E-state index in [9.17, 15) is 9.59 Å². The van der Waals surface area contributed by atoms with Gasteiger partial charge in [-0.15, -0.1) is 0 Å². The molecule has 2 amide bonds. The van der Waals surface area contributed by atoms with E-state index in [2.05, 4.69) is 5.32 Å². The molecule has 0 spiro atoms. The molecule has 1 saturated carbocycles. The number of amides is 2. The van der Waals surface area contributed by atoms with E-state index in [1.54, 1.807) is 4.90 Å². The summed E-state index contributed by atoms with van der Waals surface area (Å²) in [5, 5.41) is 2.71. The standard InChI is InChI=1S/C17H24N2O2/c1-4-9-19(11-14-6-7-14)17(21)16(20)18-15-8-5-12(2)13(3)10-15/h5,8,10,14H,4,6-7,9,11H2,1-3H3,(H,18,20). The van der Waals surface area contributed by atoms with Crippen molar-refractivity contribution in [2.75, 3.05) is 18.4 Å². The van der Waals surface area contributed by atoms with Crippen LogP contribution < -0.4 is 5.32 Å². The Kier molecular flexibility index (Phi) is 4.99. The third kappa shape index (κ3) is 4.31. The Balaban J connectivity index is 1.99. The van der Waals surface area contributed by atoms with Gasteiger partial charge in [-0.3, -0.25) is 9.59 Å². The molecule has 4 heteroatoms. The van der Waals surface area contributed by atoms with Gasteiger partial charge in [-0.1, -0.05) is 13.0 Å². The topological polar surface area (TPSA) is 49.4 Å². The van der Waals surface area contributed by atoms with Crippen LogP contribution in [-0.4, -0.2) is 29.8 Å². The van der Waals surface area contributed by atoms with Gasteiger partial charge in [0.05, 0.1) is 0 Å². The fourth-order valence-electron chi connectivity index (χ4n) is 2.31. The molecule has 1 fully saturated rings. The maximum absolute atomic E-state index is 12.3. The van der Waals surface area contributed by atoms with E-state index in [1.165, 1.54) is 18.4 Å². The molecular formula is C17H24N2O2. The lowest BCUT2D eigenvalue weighted by Gasteiger charge is -2.21. The van der Waals surface area contributed by atoms with Gasteiger partial charge in [0.1, 0.15) is 0 Å². The SMILES string of the molecule is CCCN(CC1CC1)C(=O)C(=O)Nc1ccc(C)c(C)c1. The van der Waals surface area contributed by atoms with Gasteiger partial charge < -0.3 is 10.2 Å². The van der Waals surface area contributed by atoms with Gasteiger partial charge >= 0.3 is 11.8 Å². The summed E-state index contributed by atoms with van der Waals surface area (Å²) in [5.74, 6) is -0.357. The zero-order valence-electron chi connectivity index (χ0n) is 13.1. The highest BCUT2D eigenvalue weighted by Crippen LogP contribution is 2.29. The normalized spacial score (nSPS) is 13.9. The quantitative estimate of drug-likeness (QED) is 0.847. The second kappa shape index (κ2) is 6.74. The molecule has 0 bridgehead atoms. The van der Waals surface area contributed by atoms with Crippen molar-refractivity contribution in [3.63, 3.8) is 0 Å². The van der Waals surface area contributed by atoms with Crippen LogP contribution in [0.5, 0.6) is 0 Å². The molecule has 4 nitrogen and oxygen atoms in total. The summed E-state index contributed by atoms with van der Waals surface area (Å²) < 4.78 is 0. The van der Waals surface area contributed by atoms with Crippen molar-refractivity contribution in [2.24, 2.45) is 5.92 Å². The minimum Gasteiger partial charge on any atom is -0.334 e. The van der Waals surface area contributed by atoms with Crippen molar-refractivity contribution >= 4 is 17.5 Å². The van der Waals surface area contributed by atoms with Crippen molar-refractivity contribution < 1.29 is 9.59 Å². The lowest BCUT2D eigenvalue weighted by molar-refractivity contribution is -0.143. The molecule has 0 radical (unpaired) electrons. The molecule has 0 atom stereocenters. The molecule has 0 saturated heterocycles. The summed E-state index contributed by atoms with van der Waals surface area (Å²) in [6, 6.07) is 5.67. The molecule has 0 heterocycles. The minimum atomic E-state index is -0.535. The smallest absolute Gasteiger partial charge is 0.313 e. The number of nitrogens with zero attached hydrogens (tertiary/aromatic N) is 1. The van der Waals surface area contributed by atoms with Crippen LogP contribution in [0.4, 0.5) is 5.69 Å². The zero-order valence-corrected chi connectivity index (χ0v) is 13.1.